The van der Waals surface area contributed by atoms with Gasteiger partial charge in [0.1, 0.15) is 0 Å². The summed E-state index contributed by atoms with van der Waals surface area (Å²) in [6, 6.07) is 0. The van der Waals surface area contributed by atoms with Crippen molar-refractivity contribution in [1.82, 2.24) is 0 Å². The van der Waals surface area contributed by atoms with Crippen molar-refractivity contribution in [1.29, 1.82) is 0 Å². The highest BCUT2D eigenvalue weighted by atomic mass is 16.2. The van der Waals surface area contributed by atoms with Crippen molar-refractivity contribution < 1.29 is 5.11 Å². The largest absolute Gasteiger partial charge is 0.392 e. The number of aliphatic hydroxyl groups is 1. The SMILES string of the molecule is CC(C)=CCC/C(C)=C/CC/C(C)=C/CC/C(C)=C/CC/C(C)=C\CC/C(C)=C\CC/C(C)=C\CC/C(C)=C\C/C(C)=C/CC/C(C)=C\C/C(C)=C\CO. The average Bonchev–Trinajstić information content (AvgIpc) is 3.10. The Morgan fingerprint density at radius 1 is 0.259 bits per heavy atom. The first kappa shape index (κ1) is 51.1. The van der Waals surface area contributed by atoms with Crippen LogP contribution in [0.2, 0.25) is 0 Å². The summed E-state index contributed by atoms with van der Waals surface area (Å²) in [4.78, 5) is 0. The van der Waals surface area contributed by atoms with E-state index in [-0.39, 0.29) is 6.61 Å². The van der Waals surface area contributed by atoms with Crippen molar-refractivity contribution in [3.05, 3.63) is 128 Å². The molecule has 304 valence electrons. The van der Waals surface area contributed by atoms with Crippen LogP contribution in [0.25, 0.3) is 0 Å². The van der Waals surface area contributed by atoms with Crippen molar-refractivity contribution in [3.8, 4) is 0 Å². The van der Waals surface area contributed by atoms with Gasteiger partial charge in [0.2, 0.25) is 0 Å². The van der Waals surface area contributed by atoms with Gasteiger partial charge in [0.05, 0.1) is 6.61 Å². The molecule has 0 aliphatic rings. The lowest BCUT2D eigenvalue weighted by Gasteiger charge is -2.04. The van der Waals surface area contributed by atoms with Crippen molar-refractivity contribution in [2.45, 2.75) is 199 Å². The predicted octanol–water partition coefficient (Wildman–Crippen LogP) is 17.4. The quantitative estimate of drug-likeness (QED) is 0.0758. The highest BCUT2D eigenvalue weighted by molar-refractivity contribution is 5.14. The van der Waals surface area contributed by atoms with Gasteiger partial charge in [-0.1, -0.05) is 128 Å². The molecule has 0 aromatic heterocycles. The van der Waals surface area contributed by atoms with Gasteiger partial charge in [-0.3, -0.25) is 0 Å². The molecule has 0 aliphatic carbocycles. The summed E-state index contributed by atoms with van der Waals surface area (Å²) in [5.41, 5.74) is 16.2. The molecule has 0 aromatic carbocycles. The molecule has 0 heterocycles. The number of hydrogen-bond acceptors (Lipinski definition) is 1. The van der Waals surface area contributed by atoms with Crippen LogP contribution in [-0.2, 0) is 0 Å². The van der Waals surface area contributed by atoms with Crippen molar-refractivity contribution in [2.24, 2.45) is 0 Å². The van der Waals surface area contributed by atoms with E-state index in [0.717, 1.165) is 70.6 Å². The fourth-order valence-corrected chi connectivity index (χ4v) is 6.22. The van der Waals surface area contributed by atoms with E-state index in [9.17, 15) is 0 Å². The smallest absolute Gasteiger partial charge is 0.0615 e. The van der Waals surface area contributed by atoms with Gasteiger partial charge in [-0.25, -0.2) is 0 Å². The molecule has 0 unspecified atom stereocenters. The molecule has 0 saturated heterocycles. The fraction of sp³-hybridized carbons (Fsp3) is 0.585. The molecule has 0 amide bonds. The first-order valence-electron chi connectivity index (χ1n) is 21.5. The molecule has 1 nitrogen and oxygen atoms in total. The highest BCUT2D eigenvalue weighted by Gasteiger charge is 1.98. The summed E-state index contributed by atoms with van der Waals surface area (Å²) in [5, 5.41) is 9.00. The zero-order valence-electron chi connectivity index (χ0n) is 37.7. The van der Waals surface area contributed by atoms with Gasteiger partial charge in [-0.05, 0) is 199 Å². The zero-order chi connectivity index (χ0) is 40.6. The summed E-state index contributed by atoms with van der Waals surface area (Å²) in [5.74, 6) is 0. The van der Waals surface area contributed by atoms with Crippen LogP contribution in [0.4, 0.5) is 0 Å². The molecular weight excluding hydrogens is 653 g/mol. The maximum absolute atomic E-state index is 9.00. The molecule has 0 fully saturated rings. The monoisotopic (exact) mass is 739 g/mol. The Balaban J connectivity index is 4.30. The van der Waals surface area contributed by atoms with Crippen LogP contribution in [0.5, 0.6) is 0 Å². The van der Waals surface area contributed by atoms with Crippen LogP contribution in [0.15, 0.2) is 128 Å². The van der Waals surface area contributed by atoms with E-state index in [1.807, 2.05) is 6.08 Å². The van der Waals surface area contributed by atoms with Gasteiger partial charge in [-0.15, -0.1) is 0 Å². The molecule has 0 rings (SSSR count). The van der Waals surface area contributed by atoms with Crippen LogP contribution in [0.1, 0.15) is 199 Å². The number of allylic oxidation sites excluding steroid dienone is 21. The molecule has 0 aromatic rings. The Morgan fingerprint density at radius 3 is 0.704 bits per heavy atom. The zero-order valence-corrected chi connectivity index (χ0v) is 37.7. The topological polar surface area (TPSA) is 20.2 Å². The number of rotatable bonds is 29. The standard InChI is InChI=1S/C53H86O/c1-43(2)21-13-22-44(3)23-14-24-45(4)25-15-26-46(5)27-16-28-47(6)29-17-30-48(7)31-18-32-49(8)33-19-34-50(9)37-38-51(10)35-20-36-52(11)39-40-53(12)41-42-54/h21,23,25,27,29,31,33,35,37,39,41,54H,13-20,22,24,26,28,30,32,34,36,38,40,42H2,1-12H3/b44-23+,45-25+,46-27+,47-29-,48-31-,49-33-,50-37-,51-35+,52-39-,53-41-. The molecule has 0 spiro atoms. The minimum absolute atomic E-state index is 0.134. The van der Waals surface area contributed by atoms with Gasteiger partial charge < -0.3 is 5.11 Å². The van der Waals surface area contributed by atoms with E-state index in [0.29, 0.717) is 0 Å². The van der Waals surface area contributed by atoms with Crippen LogP contribution in [0, 0.1) is 0 Å². The third-order valence-electron chi connectivity index (χ3n) is 10.3. The Morgan fingerprint density at radius 2 is 0.463 bits per heavy atom. The second-order valence-electron chi connectivity index (χ2n) is 16.7. The first-order valence-corrected chi connectivity index (χ1v) is 21.5. The molecule has 1 heteroatoms. The van der Waals surface area contributed by atoms with Gasteiger partial charge in [0.25, 0.3) is 0 Å². The van der Waals surface area contributed by atoms with Gasteiger partial charge >= 0.3 is 0 Å². The van der Waals surface area contributed by atoms with E-state index in [2.05, 4.69) is 144 Å². The van der Waals surface area contributed by atoms with E-state index in [1.165, 1.54) is 106 Å². The summed E-state index contributed by atoms with van der Waals surface area (Å²) in [6.45, 7) is 27.1. The number of hydrogen-bond donors (Lipinski definition) is 1. The van der Waals surface area contributed by atoms with Crippen LogP contribution < -0.4 is 0 Å². The molecular formula is C53H86O. The second kappa shape index (κ2) is 33.4. The normalized spacial score (nSPS) is 15.1. The van der Waals surface area contributed by atoms with E-state index >= 15 is 0 Å². The fourth-order valence-electron chi connectivity index (χ4n) is 6.22. The van der Waals surface area contributed by atoms with E-state index in [1.54, 1.807) is 0 Å². The van der Waals surface area contributed by atoms with Crippen molar-refractivity contribution in [2.75, 3.05) is 6.61 Å². The summed E-state index contributed by atoms with van der Waals surface area (Å²) >= 11 is 0. The van der Waals surface area contributed by atoms with Crippen molar-refractivity contribution >= 4 is 0 Å². The minimum Gasteiger partial charge on any atom is -0.392 e. The molecule has 0 saturated carbocycles. The Hall–Kier alpha value is -2.90. The molecule has 0 radical (unpaired) electrons. The first-order chi connectivity index (χ1) is 25.7. The lowest BCUT2D eigenvalue weighted by atomic mass is 10.0. The third-order valence-corrected chi connectivity index (χ3v) is 10.3. The van der Waals surface area contributed by atoms with Crippen LogP contribution >= 0.6 is 0 Å². The number of aliphatic hydroxyl groups excluding tert-OH is 1. The second-order valence-corrected chi connectivity index (χ2v) is 16.7. The Labute approximate surface area is 337 Å². The third kappa shape index (κ3) is 33.7. The van der Waals surface area contributed by atoms with Crippen LogP contribution in [-0.4, -0.2) is 11.7 Å². The van der Waals surface area contributed by atoms with Gasteiger partial charge in [0, 0.05) is 0 Å². The van der Waals surface area contributed by atoms with Crippen LogP contribution in [0.3, 0.4) is 0 Å². The Kier molecular flexibility index (Phi) is 31.6. The molecule has 1 N–H and O–H groups in total. The molecule has 0 bridgehead atoms. The van der Waals surface area contributed by atoms with Crippen molar-refractivity contribution in [3.63, 3.8) is 0 Å². The minimum atomic E-state index is 0.134. The average molecular weight is 739 g/mol. The molecule has 0 atom stereocenters. The lowest BCUT2D eigenvalue weighted by Crippen LogP contribution is -1.84. The summed E-state index contributed by atoms with van der Waals surface area (Å²) in [6.07, 6.45) is 46.5. The maximum Gasteiger partial charge on any atom is 0.0615 e. The molecule has 54 heavy (non-hydrogen) atoms. The van der Waals surface area contributed by atoms with Gasteiger partial charge in [0.15, 0.2) is 0 Å². The molecule has 0 aliphatic heterocycles. The highest BCUT2D eigenvalue weighted by Crippen LogP contribution is 2.18. The Bertz CT molecular complexity index is 1380. The van der Waals surface area contributed by atoms with E-state index < -0.39 is 0 Å². The maximum atomic E-state index is 9.00. The van der Waals surface area contributed by atoms with Gasteiger partial charge in [-0.2, -0.15) is 0 Å². The lowest BCUT2D eigenvalue weighted by molar-refractivity contribution is 0.341. The summed E-state index contributed by atoms with van der Waals surface area (Å²) in [7, 11) is 0. The van der Waals surface area contributed by atoms with E-state index in [4.69, 9.17) is 5.11 Å². The summed E-state index contributed by atoms with van der Waals surface area (Å²) < 4.78 is 0. The predicted molar refractivity (Wildman–Crippen MR) is 247 cm³/mol.